The van der Waals surface area contributed by atoms with E-state index in [2.05, 4.69) is 17.2 Å². The molecule has 2 aliphatic heterocycles. The Morgan fingerprint density at radius 2 is 1.86 bits per heavy atom. The lowest BCUT2D eigenvalue weighted by Gasteiger charge is -2.30. The van der Waals surface area contributed by atoms with Crippen LogP contribution < -0.4 is 10.1 Å². The molecule has 1 N–H and O–H groups in total. The minimum atomic E-state index is -0.476. The SMILES string of the molecule is CCCCCCN(C(=O)CCCCCCOc1ccc2c(c1)CN1CC(=O)NC1=N2)C(CC)OC(C)=O. The Kier molecular flexibility index (Phi) is 11.2. The Labute approximate surface area is 220 Å². The predicted octanol–water partition coefficient (Wildman–Crippen LogP) is 4.66. The Bertz CT molecular complexity index is 964. The lowest BCUT2D eigenvalue weighted by molar-refractivity contribution is -0.163. The number of fused-ring (bicyclic) bond motifs is 2. The van der Waals surface area contributed by atoms with Crippen LogP contribution in [0, 0.1) is 0 Å². The van der Waals surface area contributed by atoms with E-state index in [9.17, 15) is 14.4 Å². The normalized spacial score (nSPS) is 14.8. The second kappa shape index (κ2) is 14.6. The number of hydrogen-bond donors (Lipinski definition) is 1. The van der Waals surface area contributed by atoms with Crippen molar-refractivity contribution in [2.45, 2.75) is 97.8 Å². The highest BCUT2D eigenvalue weighted by Crippen LogP contribution is 2.30. The van der Waals surface area contributed by atoms with Gasteiger partial charge in [-0.25, -0.2) is 4.99 Å². The van der Waals surface area contributed by atoms with E-state index in [-0.39, 0.29) is 17.8 Å². The molecule has 0 bridgehead atoms. The lowest BCUT2D eigenvalue weighted by atomic mass is 10.1. The summed E-state index contributed by atoms with van der Waals surface area (Å²) in [5.41, 5.74) is 1.92. The van der Waals surface area contributed by atoms with Gasteiger partial charge in [-0.1, -0.05) is 46.0 Å². The number of guanidine groups is 1. The topological polar surface area (TPSA) is 101 Å². The van der Waals surface area contributed by atoms with Gasteiger partial charge in [0, 0.05) is 38.4 Å². The van der Waals surface area contributed by atoms with Gasteiger partial charge < -0.3 is 19.3 Å². The first-order valence-electron chi connectivity index (χ1n) is 13.8. The number of carbonyl (C=O) groups excluding carboxylic acids is 3. The van der Waals surface area contributed by atoms with Gasteiger partial charge in [0.05, 0.1) is 12.3 Å². The summed E-state index contributed by atoms with van der Waals surface area (Å²) in [7, 11) is 0. The third kappa shape index (κ3) is 8.76. The van der Waals surface area contributed by atoms with Crippen molar-refractivity contribution in [2.24, 2.45) is 4.99 Å². The van der Waals surface area contributed by atoms with E-state index in [4.69, 9.17) is 9.47 Å². The summed E-state index contributed by atoms with van der Waals surface area (Å²) in [5.74, 6) is 1.12. The molecule has 37 heavy (non-hydrogen) atoms. The van der Waals surface area contributed by atoms with Crippen LogP contribution in [0.25, 0.3) is 0 Å². The molecule has 1 aromatic carbocycles. The number of amides is 2. The summed E-state index contributed by atoms with van der Waals surface area (Å²) in [5, 5.41) is 2.77. The Morgan fingerprint density at radius 1 is 1.08 bits per heavy atom. The molecule has 2 heterocycles. The van der Waals surface area contributed by atoms with Crippen molar-refractivity contribution in [2.75, 3.05) is 19.7 Å². The summed E-state index contributed by atoms with van der Waals surface area (Å²) < 4.78 is 11.4. The number of esters is 1. The highest BCUT2D eigenvalue weighted by Gasteiger charge is 2.29. The highest BCUT2D eigenvalue weighted by molar-refractivity contribution is 6.05. The second-order valence-corrected chi connectivity index (χ2v) is 9.76. The number of carbonyl (C=O) groups is 3. The van der Waals surface area contributed by atoms with E-state index >= 15 is 0 Å². The first-order valence-corrected chi connectivity index (χ1v) is 13.8. The maximum atomic E-state index is 12.9. The average Bonchev–Trinajstić information content (AvgIpc) is 3.23. The Balaban J connectivity index is 1.36. The van der Waals surface area contributed by atoms with Gasteiger partial charge in [0.15, 0.2) is 6.23 Å². The van der Waals surface area contributed by atoms with Crippen LogP contribution in [0.2, 0.25) is 0 Å². The van der Waals surface area contributed by atoms with Gasteiger partial charge in [0.1, 0.15) is 12.3 Å². The number of rotatable bonds is 16. The van der Waals surface area contributed by atoms with Crippen molar-refractivity contribution in [1.29, 1.82) is 0 Å². The summed E-state index contributed by atoms with van der Waals surface area (Å²) in [6.45, 7) is 7.72. The van der Waals surface area contributed by atoms with Crippen molar-refractivity contribution in [3.63, 3.8) is 0 Å². The number of ether oxygens (including phenoxy) is 2. The summed E-state index contributed by atoms with van der Waals surface area (Å²) >= 11 is 0. The molecule has 2 aliphatic rings. The van der Waals surface area contributed by atoms with Crippen LogP contribution in [-0.2, 0) is 25.7 Å². The molecule has 1 aromatic rings. The minimum absolute atomic E-state index is 0.0287. The number of aliphatic imine (C=N–C) groups is 1. The molecule has 0 aliphatic carbocycles. The van der Waals surface area contributed by atoms with Gasteiger partial charge in [-0.3, -0.25) is 19.7 Å². The molecule has 1 fully saturated rings. The van der Waals surface area contributed by atoms with Crippen molar-refractivity contribution < 1.29 is 23.9 Å². The van der Waals surface area contributed by atoms with E-state index in [1.54, 1.807) is 4.90 Å². The maximum Gasteiger partial charge on any atom is 0.304 e. The fourth-order valence-corrected chi connectivity index (χ4v) is 4.69. The molecule has 1 atom stereocenters. The van der Waals surface area contributed by atoms with Crippen molar-refractivity contribution >= 4 is 29.4 Å². The van der Waals surface area contributed by atoms with Gasteiger partial charge in [-0.2, -0.15) is 0 Å². The quantitative estimate of drug-likeness (QED) is 0.196. The highest BCUT2D eigenvalue weighted by atomic mass is 16.6. The van der Waals surface area contributed by atoms with Gasteiger partial charge in [0.25, 0.3) is 0 Å². The zero-order valence-corrected chi connectivity index (χ0v) is 22.6. The summed E-state index contributed by atoms with van der Waals surface area (Å²) in [4.78, 5) is 44.2. The number of hydrogen-bond acceptors (Lipinski definition) is 7. The fourth-order valence-electron chi connectivity index (χ4n) is 4.69. The molecule has 0 spiro atoms. The van der Waals surface area contributed by atoms with E-state index < -0.39 is 6.23 Å². The van der Waals surface area contributed by atoms with Crippen LogP contribution in [0.3, 0.4) is 0 Å². The number of unbranched alkanes of at least 4 members (excludes halogenated alkanes) is 6. The molecule has 9 heteroatoms. The maximum absolute atomic E-state index is 12.9. The number of nitrogens with one attached hydrogen (secondary N) is 1. The zero-order valence-electron chi connectivity index (χ0n) is 22.6. The minimum Gasteiger partial charge on any atom is -0.494 e. The molecule has 3 rings (SSSR count). The van der Waals surface area contributed by atoms with E-state index in [0.29, 0.717) is 45.0 Å². The van der Waals surface area contributed by atoms with E-state index in [1.165, 1.54) is 6.92 Å². The molecule has 9 nitrogen and oxygen atoms in total. The standard InChI is InChI=1S/C28H42N4O5/c1-4-6-7-11-16-32(27(5-2)37-21(3)33)26(35)13-10-8-9-12-17-36-23-14-15-24-22(18-23)19-31-20-25(34)30-28(31)29-24/h14-15,18,27H,4-13,16-17,19-20H2,1-3H3,(H,29,30,34). The van der Waals surface area contributed by atoms with E-state index in [0.717, 1.165) is 68.4 Å². The van der Waals surface area contributed by atoms with E-state index in [1.807, 2.05) is 30.0 Å². The first-order chi connectivity index (χ1) is 17.9. The Morgan fingerprint density at radius 3 is 2.62 bits per heavy atom. The number of nitrogens with zero attached hydrogens (tertiary/aromatic N) is 3. The smallest absolute Gasteiger partial charge is 0.304 e. The molecule has 1 unspecified atom stereocenters. The van der Waals surface area contributed by atoms with Crippen molar-refractivity contribution in [3.05, 3.63) is 23.8 Å². The molecule has 2 amide bonds. The second-order valence-electron chi connectivity index (χ2n) is 9.76. The molecular formula is C28H42N4O5. The lowest BCUT2D eigenvalue weighted by Crippen LogP contribution is -2.43. The third-order valence-corrected chi connectivity index (χ3v) is 6.65. The van der Waals surface area contributed by atoms with Crippen molar-refractivity contribution in [1.82, 2.24) is 15.1 Å². The predicted molar refractivity (Wildman–Crippen MR) is 142 cm³/mol. The van der Waals surface area contributed by atoms with Crippen molar-refractivity contribution in [3.8, 4) is 5.75 Å². The monoisotopic (exact) mass is 514 g/mol. The molecule has 1 saturated heterocycles. The van der Waals surface area contributed by atoms with Gasteiger partial charge in [-0.15, -0.1) is 0 Å². The Hall–Kier alpha value is -3.10. The molecule has 0 radical (unpaired) electrons. The zero-order chi connectivity index (χ0) is 26.6. The largest absolute Gasteiger partial charge is 0.494 e. The van der Waals surface area contributed by atoms with Crippen LogP contribution in [0.15, 0.2) is 23.2 Å². The molecule has 0 aromatic heterocycles. The fraction of sp³-hybridized carbons (Fsp3) is 0.643. The van der Waals surface area contributed by atoms with Crippen LogP contribution in [0.1, 0.15) is 90.5 Å². The van der Waals surface area contributed by atoms with Gasteiger partial charge >= 0.3 is 5.97 Å². The first kappa shape index (κ1) is 28.5. The summed E-state index contributed by atoms with van der Waals surface area (Å²) in [6, 6.07) is 5.84. The molecular weight excluding hydrogens is 472 g/mol. The van der Waals surface area contributed by atoms with Gasteiger partial charge in [-0.05, 0) is 37.5 Å². The third-order valence-electron chi connectivity index (χ3n) is 6.65. The summed E-state index contributed by atoms with van der Waals surface area (Å²) in [6.07, 6.45) is 8.51. The number of benzene rings is 1. The van der Waals surface area contributed by atoms with Crippen LogP contribution in [0.4, 0.5) is 5.69 Å². The average molecular weight is 515 g/mol. The molecule has 204 valence electrons. The van der Waals surface area contributed by atoms with Crippen LogP contribution in [0.5, 0.6) is 5.75 Å². The van der Waals surface area contributed by atoms with Crippen LogP contribution in [-0.4, -0.2) is 59.5 Å². The van der Waals surface area contributed by atoms with Gasteiger partial charge in [0.2, 0.25) is 17.8 Å². The molecule has 0 saturated carbocycles. The van der Waals surface area contributed by atoms with Crippen LogP contribution >= 0.6 is 0 Å².